The molecule has 7 nitrogen and oxygen atoms in total. The number of primary amides is 1. The van der Waals surface area contributed by atoms with Crippen LogP contribution in [-0.2, 0) is 16.3 Å². The molecule has 0 radical (unpaired) electrons. The molecule has 0 spiro atoms. The second-order valence-corrected chi connectivity index (χ2v) is 10.1. The summed E-state index contributed by atoms with van der Waals surface area (Å²) in [5.41, 5.74) is 7.12. The Balaban J connectivity index is 0.00000408. The minimum atomic E-state index is -4.05. The lowest BCUT2D eigenvalue weighted by molar-refractivity contribution is 0.0997. The zero-order chi connectivity index (χ0) is 24.2. The maximum Gasteiger partial charge on any atom is 0.252 e. The molecular formula is C24H26Cl2N2O5S. The van der Waals surface area contributed by atoms with Gasteiger partial charge in [-0.2, -0.15) is 0 Å². The Morgan fingerprint density at radius 1 is 1.12 bits per heavy atom. The van der Waals surface area contributed by atoms with Crippen molar-refractivity contribution in [2.45, 2.75) is 29.2 Å². The maximum atomic E-state index is 13.0. The minimum absolute atomic E-state index is 0. The number of aromatic hydroxyl groups is 1. The average molecular weight is 525 g/mol. The van der Waals surface area contributed by atoms with E-state index in [9.17, 15) is 23.4 Å². The number of aliphatic hydroxyl groups excluding tert-OH is 1. The fraction of sp³-hybridized carbons (Fsp3) is 0.208. The van der Waals surface area contributed by atoms with Gasteiger partial charge in [-0.15, -0.1) is 12.4 Å². The van der Waals surface area contributed by atoms with Crippen LogP contribution in [0.15, 0.2) is 70.5 Å². The number of aliphatic hydroxyl groups is 1. The van der Waals surface area contributed by atoms with E-state index in [1.54, 1.807) is 43.3 Å². The van der Waals surface area contributed by atoms with Gasteiger partial charge in [-0.25, -0.2) is 8.42 Å². The highest BCUT2D eigenvalue weighted by atomic mass is 35.5. The second kappa shape index (κ2) is 11.7. The highest BCUT2D eigenvalue weighted by molar-refractivity contribution is 7.91. The molecule has 1 atom stereocenters. The van der Waals surface area contributed by atoms with Crippen molar-refractivity contribution >= 4 is 39.8 Å². The fourth-order valence-electron chi connectivity index (χ4n) is 3.40. The Morgan fingerprint density at radius 2 is 1.79 bits per heavy atom. The number of rotatable bonds is 9. The van der Waals surface area contributed by atoms with E-state index in [0.717, 1.165) is 11.1 Å². The molecule has 0 heterocycles. The quantitative estimate of drug-likeness (QED) is 0.316. The van der Waals surface area contributed by atoms with E-state index in [1.165, 1.54) is 24.3 Å². The van der Waals surface area contributed by atoms with E-state index in [1.807, 2.05) is 0 Å². The van der Waals surface area contributed by atoms with E-state index < -0.39 is 27.6 Å². The van der Waals surface area contributed by atoms with Crippen molar-refractivity contribution in [2.75, 3.05) is 13.1 Å². The topological polar surface area (TPSA) is 130 Å². The number of sulfone groups is 1. The van der Waals surface area contributed by atoms with Gasteiger partial charge in [-0.05, 0) is 73.0 Å². The first kappa shape index (κ1) is 27.6. The van der Waals surface area contributed by atoms with E-state index >= 15 is 0 Å². The van der Waals surface area contributed by atoms with Crippen molar-refractivity contribution < 1.29 is 23.4 Å². The molecule has 182 valence electrons. The predicted molar refractivity (Wildman–Crippen MR) is 133 cm³/mol. The van der Waals surface area contributed by atoms with E-state index in [0.29, 0.717) is 30.1 Å². The summed E-state index contributed by atoms with van der Waals surface area (Å²) in [6, 6.07) is 16.0. The van der Waals surface area contributed by atoms with Gasteiger partial charge >= 0.3 is 0 Å². The molecule has 3 aromatic carbocycles. The molecule has 34 heavy (non-hydrogen) atoms. The summed E-state index contributed by atoms with van der Waals surface area (Å²) in [4.78, 5) is 11.2. The van der Waals surface area contributed by atoms with E-state index in [4.69, 9.17) is 17.3 Å². The van der Waals surface area contributed by atoms with Gasteiger partial charge in [0.05, 0.1) is 16.6 Å². The van der Waals surface area contributed by atoms with Gasteiger partial charge in [0.2, 0.25) is 9.84 Å². The summed E-state index contributed by atoms with van der Waals surface area (Å²) in [6.45, 7) is 2.54. The monoisotopic (exact) mass is 524 g/mol. The number of hydrogen-bond acceptors (Lipinski definition) is 6. The standard InChI is InChI=1S/C24H25ClN2O5S.ClH/c1-15-11-20(24(26)30)23(29)22(12-15)33(31,32)19-7-5-16(6-8-19)9-10-27-14-21(28)17-3-2-4-18(25)13-17;/h2-8,11-13,21,27-29H,9-10,14H2,1H3,(H2,26,30);1H/t21-;/m0./s1. The second-order valence-electron chi connectivity index (χ2n) is 7.70. The lowest BCUT2D eigenvalue weighted by Gasteiger charge is -2.13. The molecular weight excluding hydrogens is 499 g/mol. The molecule has 0 aliphatic rings. The molecule has 3 rings (SSSR count). The zero-order valence-corrected chi connectivity index (χ0v) is 20.8. The molecule has 10 heteroatoms. The average Bonchev–Trinajstić information content (AvgIpc) is 2.78. The number of benzene rings is 3. The smallest absolute Gasteiger partial charge is 0.252 e. The van der Waals surface area contributed by atoms with Crippen molar-refractivity contribution in [1.29, 1.82) is 0 Å². The summed E-state index contributed by atoms with van der Waals surface area (Å²) in [6.07, 6.45) is -0.0760. The highest BCUT2D eigenvalue weighted by Crippen LogP contribution is 2.32. The van der Waals surface area contributed by atoms with Gasteiger partial charge in [-0.3, -0.25) is 4.79 Å². The highest BCUT2D eigenvalue weighted by Gasteiger charge is 2.25. The first-order chi connectivity index (χ1) is 15.6. The molecule has 5 N–H and O–H groups in total. The summed E-state index contributed by atoms with van der Waals surface area (Å²) < 4.78 is 26.1. The third-order valence-electron chi connectivity index (χ3n) is 5.17. The van der Waals surface area contributed by atoms with Crippen LogP contribution >= 0.6 is 24.0 Å². The number of amides is 1. The molecule has 0 bridgehead atoms. The van der Waals surface area contributed by atoms with Gasteiger partial charge in [0.25, 0.3) is 5.91 Å². The van der Waals surface area contributed by atoms with Crippen molar-refractivity contribution in [2.24, 2.45) is 5.73 Å². The number of carbonyl (C=O) groups excluding carboxylic acids is 1. The number of hydrogen-bond donors (Lipinski definition) is 4. The number of nitrogens with one attached hydrogen (secondary N) is 1. The summed E-state index contributed by atoms with van der Waals surface area (Å²) in [5, 5.41) is 24.3. The van der Waals surface area contributed by atoms with Gasteiger partial charge in [0.15, 0.2) is 0 Å². The molecule has 0 unspecified atom stereocenters. The lowest BCUT2D eigenvalue weighted by Crippen LogP contribution is -2.23. The molecule has 0 aliphatic heterocycles. The number of nitrogens with two attached hydrogens (primary N) is 1. The van der Waals surface area contributed by atoms with Crippen LogP contribution < -0.4 is 11.1 Å². The van der Waals surface area contributed by atoms with Crippen LogP contribution in [0.2, 0.25) is 5.02 Å². The van der Waals surface area contributed by atoms with Gasteiger partial charge in [0, 0.05) is 11.6 Å². The van der Waals surface area contributed by atoms with Crippen molar-refractivity contribution in [3.8, 4) is 5.75 Å². The molecule has 0 saturated heterocycles. The number of phenols is 1. The lowest BCUT2D eigenvalue weighted by atomic mass is 10.1. The van der Waals surface area contributed by atoms with E-state index in [-0.39, 0.29) is 27.8 Å². The Labute approximate surface area is 209 Å². The largest absolute Gasteiger partial charge is 0.506 e. The zero-order valence-electron chi connectivity index (χ0n) is 18.4. The van der Waals surface area contributed by atoms with Crippen molar-refractivity contribution in [3.05, 3.63) is 87.9 Å². The van der Waals surface area contributed by atoms with Crippen molar-refractivity contribution in [1.82, 2.24) is 5.32 Å². The van der Waals surface area contributed by atoms with Crippen LogP contribution in [0.1, 0.15) is 33.2 Å². The fourth-order valence-corrected chi connectivity index (χ4v) is 5.06. The number of halogens is 2. The molecule has 0 fully saturated rings. The van der Waals surface area contributed by atoms with Crippen molar-refractivity contribution in [3.63, 3.8) is 0 Å². The van der Waals surface area contributed by atoms with Crippen LogP contribution in [0.5, 0.6) is 5.75 Å². The maximum absolute atomic E-state index is 13.0. The van der Waals surface area contributed by atoms with Crippen LogP contribution in [0, 0.1) is 6.92 Å². The van der Waals surface area contributed by atoms with Gasteiger partial charge < -0.3 is 21.3 Å². The first-order valence-corrected chi connectivity index (χ1v) is 12.1. The predicted octanol–water partition coefficient (Wildman–Crippen LogP) is 3.57. The van der Waals surface area contributed by atoms with Crippen LogP contribution in [0.25, 0.3) is 0 Å². The molecule has 0 aliphatic carbocycles. The van der Waals surface area contributed by atoms with Crippen LogP contribution in [-0.4, -0.2) is 37.6 Å². The SMILES string of the molecule is Cc1cc(C(N)=O)c(O)c(S(=O)(=O)c2ccc(CCNC[C@H](O)c3cccc(Cl)c3)cc2)c1.Cl. The number of carbonyl (C=O) groups is 1. The minimum Gasteiger partial charge on any atom is -0.506 e. The third-order valence-corrected chi connectivity index (χ3v) is 7.19. The normalized spacial score (nSPS) is 12.1. The van der Waals surface area contributed by atoms with Gasteiger partial charge in [0.1, 0.15) is 10.6 Å². The Bertz CT molecular complexity index is 1260. The van der Waals surface area contributed by atoms with Gasteiger partial charge in [-0.1, -0.05) is 35.9 Å². The molecule has 0 aromatic heterocycles. The summed E-state index contributed by atoms with van der Waals surface area (Å²) >= 11 is 5.94. The Kier molecular flexibility index (Phi) is 9.49. The Morgan fingerprint density at radius 3 is 2.41 bits per heavy atom. The van der Waals surface area contributed by atoms with Crippen LogP contribution in [0.3, 0.4) is 0 Å². The van der Waals surface area contributed by atoms with E-state index in [2.05, 4.69) is 5.32 Å². The summed E-state index contributed by atoms with van der Waals surface area (Å²) in [5.74, 6) is -1.56. The molecule has 1 amide bonds. The first-order valence-electron chi connectivity index (χ1n) is 10.2. The van der Waals surface area contributed by atoms with Crippen LogP contribution in [0.4, 0.5) is 0 Å². The molecule has 3 aromatic rings. The summed E-state index contributed by atoms with van der Waals surface area (Å²) in [7, 11) is -4.05. The number of aryl methyl sites for hydroxylation is 1. The third kappa shape index (κ3) is 6.49. The Hall–Kier alpha value is -2.62. The molecule has 0 saturated carbocycles.